The second kappa shape index (κ2) is 5.46. The molecular weight excluding hydrogens is 226 g/mol. The number of hydrogen-bond donors (Lipinski definition) is 2. The molecular formula is C11H16ClN3O. The van der Waals surface area contributed by atoms with Crippen LogP contribution in [-0.2, 0) is 0 Å². The van der Waals surface area contributed by atoms with E-state index in [9.17, 15) is 5.11 Å². The predicted molar refractivity (Wildman–Crippen MR) is 63.5 cm³/mol. The monoisotopic (exact) mass is 241 g/mol. The molecule has 4 nitrogen and oxygen atoms in total. The zero-order valence-electron chi connectivity index (χ0n) is 9.06. The van der Waals surface area contributed by atoms with E-state index in [0.29, 0.717) is 16.9 Å². The summed E-state index contributed by atoms with van der Waals surface area (Å²) < 4.78 is 0. The minimum atomic E-state index is -0.0944. The van der Waals surface area contributed by atoms with Crippen molar-refractivity contribution in [1.29, 1.82) is 0 Å². The van der Waals surface area contributed by atoms with Crippen molar-refractivity contribution >= 4 is 17.5 Å². The summed E-state index contributed by atoms with van der Waals surface area (Å²) in [5.41, 5.74) is 0. The highest BCUT2D eigenvalue weighted by Crippen LogP contribution is 2.24. The summed E-state index contributed by atoms with van der Waals surface area (Å²) in [6.07, 6.45) is 7.04. The van der Waals surface area contributed by atoms with E-state index in [2.05, 4.69) is 15.3 Å². The standard InChI is InChI=1S/C11H16ClN3O/c12-9-6-14-11(15-7-9)13-5-8-1-3-10(16)4-2-8/h6-8,10,16H,1-5H2,(H,13,14,15). The van der Waals surface area contributed by atoms with Gasteiger partial charge in [-0.3, -0.25) is 0 Å². The van der Waals surface area contributed by atoms with Gasteiger partial charge in [0.2, 0.25) is 5.95 Å². The molecule has 88 valence electrons. The van der Waals surface area contributed by atoms with Crippen LogP contribution in [0.3, 0.4) is 0 Å². The van der Waals surface area contributed by atoms with E-state index in [0.717, 1.165) is 32.2 Å². The maximum Gasteiger partial charge on any atom is 0.222 e. The number of nitrogens with one attached hydrogen (secondary N) is 1. The summed E-state index contributed by atoms with van der Waals surface area (Å²) in [5, 5.41) is 13.1. The molecule has 2 rings (SSSR count). The zero-order valence-corrected chi connectivity index (χ0v) is 9.82. The number of nitrogens with zero attached hydrogens (tertiary/aromatic N) is 2. The molecule has 1 saturated carbocycles. The highest BCUT2D eigenvalue weighted by molar-refractivity contribution is 6.30. The number of aliphatic hydroxyl groups is 1. The number of aliphatic hydroxyl groups excluding tert-OH is 1. The molecule has 1 heterocycles. The molecule has 0 amide bonds. The van der Waals surface area contributed by atoms with Gasteiger partial charge >= 0.3 is 0 Å². The van der Waals surface area contributed by atoms with E-state index in [1.165, 1.54) is 0 Å². The van der Waals surface area contributed by atoms with E-state index in [-0.39, 0.29) is 6.10 Å². The molecule has 0 radical (unpaired) electrons. The van der Waals surface area contributed by atoms with Crippen molar-refractivity contribution in [2.45, 2.75) is 31.8 Å². The lowest BCUT2D eigenvalue weighted by molar-refractivity contribution is 0.111. The average molecular weight is 242 g/mol. The van der Waals surface area contributed by atoms with Crippen LogP contribution in [0.5, 0.6) is 0 Å². The van der Waals surface area contributed by atoms with Gasteiger partial charge in [-0.25, -0.2) is 9.97 Å². The Morgan fingerprint density at radius 1 is 1.25 bits per heavy atom. The molecule has 1 aromatic rings. The number of aromatic nitrogens is 2. The fourth-order valence-electron chi connectivity index (χ4n) is 1.99. The third kappa shape index (κ3) is 3.32. The quantitative estimate of drug-likeness (QED) is 0.851. The maximum absolute atomic E-state index is 9.38. The van der Waals surface area contributed by atoms with Crippen LogP contribution in [0.2, 0.25) is 5.02 Å². The molecule has 1 aliphatic carbocycles. The number of rotatable bonds is 3. The number of anilines is 1. The topological polar surface area (TPSA) is 58.0 Å². The van der Waals surface area contributed by atoms with Gasteiger partial charge in [-0.05, 0) is 31.6 Å². The molecule has 0 unspecified atom stereocenters. The fourth-order valence-corrected chi connectivity index (χ4v) is 2.09. The SMILES string of the molecule is OC1CCC(CNc2ncc(Cl)cn2)CC1. The molecule has 0 aliphatic heterocycles. The van der Waals surface area contributed by atoms with Crippen molar-refractivity contribution in [3.05, 3.63) is 17.4 Å². The Morgan fingerprint density at radius 3 is 2.50 bits per heavy atom. The zero-order chi connectivity index (χ0) is 11.4. The molecule has 0 aromatic carbocycles. The van der Waals surface area contributed by atoms with Gasteiger partial charge in [-0.2, -0.15) is 0 Å². The Balaban J connectivity index is 1.77. The van der Waals surface area contributed by atoms with E-state index in [1.807, 2.05) is 0 Å². The van der Waals surface area contributed by atoms with Crippen molar-refractivity contribution in [2.75, 3.05) is 11.9 Å². The first-order valence-corrected chi connectivity index (χ1v) is 6.01. The molecule has 0 saturated heterocycles. The van der Waals surface area contributed by atoms with Crippen molar-refractivity contribution in [2.24, 2.45) is 5.92 Å². The second-order valence-electron chi connectivity index (χ2n) is 4.28. The van der Waals surface area contributed by atoms with Gasteiger partial charge in [0.05, 0.1) is 23.5 Å². The second-order valence-corrected chi connectivity index (χ2v) is 4.72. The molecule has 0 atom stereocenters. The normalized spacial score (nSPS) is 25.4. The van der Waals surface area contributed by atoms with E-state index in [4.69, 9.17) is 11.6 Å². The van der Waals surface area contributed by atoms with E-state index >= 15 is 0 Å². The summed E-state index contributed by atoms with van der Waals surface area (Å²) in [6, 6.07) is 0. The van der Waals surface area contributed by atoms with Crippen LogP contribution in [0.25, 0.3) is 0 Å². The van der Waals surface area contributed by atoms with E-state index < -0.39 is 0 Å². The minimum Gasteiger partial charge on any atom is -0.393 e. The van der Waals surface area contributed by atoms with Crippen LogP contribution in [-0.4, -0.2) is 27.7 Å². The van der Waals surface area contributed by atoms with Crippen LogP contribution in [0, 0.1) is 5.92 Å². The Kier molecular flexibility index (Phi) is 3.96. The summed E-state index contributed by atoms with van der Waals surface area (Å²) in [4.78, 5) is 8.15. The van der Waals surface area contributed by atoms with Gasteiger partial charge in [0.15, 0.2) is 0 Å². The Bertz CT molecular complexity index is 323. The van der Waals surface area contributed by atoms with Crippen molar-refractivity contribution in [1.82, 2.24) is 9.97 Å². The Labute approximate surface area is 100 Å². The molecule has 0 bridgehead atoms. The highest BCUT2D eigenvalue weighted by Gasteiger charge is 2.19. The molecule has 1 aliphatic rings. The van der Waals surface area contributed by atoms with Crippen LogP contribution in [0.1, 0.15) is 25.7 Å². The maximum atomic E-state index is 9.38. The fraction of sp³-hybridized carbons (Fsp3) is 0.636. The van der Waals surface area contributed by atoms with Gasteiger partial charge in [0.1, 0.15) is 0 Å². The lowest BCUT2D eigenvalue weighted by Crippen LogP contribution is -2.24. The molecule has 16 heavy (non-hydrogen) atoms. The number of halogens is 1. The molecule has 2 N–H and O–H groups in total. The highest BCUT2D eigenvalue weighted by atomic mass is 35.5. The number of hydrogen-bond acceptors (Lipinski definition) is 4. The summed E-state index contributed by atoms with van der Waals surface area (Å²) in [5.74, 6) is 1.23. The van der Waals surface area contributed by atoms with E-state index in [1.54, 1.807) is 12.4 Å². The largest absolute Gasteiger partial charge is 0.393 e. The van der Waals surface area contributed by atoms with Crippen LogP contribution in [0.15, 0.2) is 12.4 Å². The van der Waals surface area contributed by atoms with Gasteiger partial charge in [-0.1, -0.05) is 11.6 Å². The molecule has 5 heteroatoms. The first-order valence-electron chi connectivity index (χ1n) is 5.63. The Hall–Kier alpha value is -0.870. The van der Waals surface area contributed by atoms with Gasteiger partial charge < -0.3 is 10.4 Å². The smallest absolute Gasteiger partial charge is 0.222 e. The van der Waals surface area contributed by atoms with Gasteiger partial charge in [0, 0.05) is 6.54 Å². The molecule has 0 spiro atoms. The minimum absolute atomic E-state index is 0.0944. The first kappa shape index (κ1) is 11.6. The first-order chi connectivity index (χ1) is 7.74. The van der Waals surface area contributed by atoms with Crippen molar-refractivity contribution in [3.63, 3.8) is 0 Å². The molecule has 1 aromatic heterocycles. The third-order valence-corrected chi connectivity index (χ3v) is 3.18. The lowest BCUT2D eigenvalue weighted by atomic mass is 9.87. The summed E-state index contributed by atoms with van der Waals surface area (Å²) in [7, 11) is 0. The van der Waals surface area contributed by atoms with Gasteiger partial charge in [-0.15, -0.1) is 0 Å². The van der Waals surface area contributed by atoms with Crippen LogP contribution >= 0.6 is 11.6 Å². The summed E-state index contributed by atoms with van der Waals surface area (Å²) in [6.45, 7) is 0.869. The average Bonchev–Trinajstić information content (AvgIpc) is 2.30. The van der Waals surface area contributed by atoms with Crippen molar-refractivity contribution in [3.8, 4) is 0 Å². The Morgan fingerprint density at radius 2 is 1.88 bits per heavy atom. The van der Waals surface area contributed by atoms with Crippen LogP contribution < -0.4 is 5.32 Å². The third-order valence-electron chi connectivity index (χ3n) is 2.99. The molecule has 1 fully saturated rings. The van der Waals surface area contributed by atoms with Crippen molar-refractivity contribution < 1.29 is 5.11 Å². The van der Waals surface area contributed by atoms with Gasteiger partial charge in [0.25, 0.3) is 0 Å². The lowest BCUT2D eigenvalue weighted by Gasteiger charge is -2.25. The summed E-state index contributed by atoms with van der Waals surface area (Å²) >= 11 is 5.70. The van der Waals surface area contributed by atoms with Crippen LogP contribution in [0.4, 0.5) is 5.95 Å². The predicted octanol–water partition coefficient (Wildman–Crippen LogP) is 2.09.